The molecule has 6 heteroatoms. The SMILES string of the molecule is O=C(c1ccccc1)c1c(O)n(-c2ccccc2)c(=O)n(-c2ccccc2)c1=O. The molecule has 0 bridgehead atoms. The van der Waals surface area contributed by atoms with Crippen molar-refractivity contribution in [1.29, 1.82) is 0 Å². The monoisotopic (exact) mass is 384 g/mol. The number of benzene rings is 3. The predicted octanol–water partition coefficient (Wildman–Crippen LogP) is 2.93. The Bertz CT molecular complexity index is 1290. The zero-order chi connectivity index (χ0) is 20.4. The average Bonchev–Trinajstić information content (AvgIpc) is 2.76. The van der Waals surface area contributed by atoms with Gasteiger partial charge in [0.25, 0.3) is 5.56 Å². The van der Waals surface area contributed by atoms with Gasteiger partial charge in [-0.15, -0.1) is 0 Å². The molecule has 0 aliphatic rings. The lowest BCUT2D eigenvalue weighted by Gasteiger charge is -2.15. The van der Waals surface area contributed by atoms with Crippen LogP contribution in [-0.2, 0) is 0 Å². The summed E-state index contributed by atoms with van der Waals surface area (Å²) in [7, 11) is 0. The highest BCUT2D eigenvalue weighted by Gasteiger charge is 2.26. The van der Waals surface area contributed by atoms with Crippen molar-refractivity contribution in [2.24, 2.45) is 0 Å². The van der Waals surface area contributed by atoms with E-state index in [1.54, 1.807) is 91.0 Å². The molecule has 1 aromatic heterocycles. The second-order valence-electron chi connectivity index (χ2n) is 6.32. The molecule has 0 fully saturated rings. The number of aromatic hydroxyl groups is 1. The van der Waals surface area contributed by atoms with Gasteiger partial charge in [-0.1, -0.05) is 66.7 Å². The molecule has 0 spiro atoms. The van der Waals surface area contributed by atoms with Crippen molar-refractivity contribution < 1.29 is 9.90 Å². The number of aromatic nitrogens is 2. The highest BCUT2D eigenvalue weighted by Crippen LogP contribution is 2.20. The summed E-state index contributed by atoms with van der Waals surface area (Å²) in [5.74, 6) is -1.35. The molecule has 1 N–H and O–H groups in total. The van der Waals surface area contributed by atoms with Gasteiger partial charge in [0.05, 0.1) is 11.4 Å². The fourth-order valence-corrected chi connectivity index (χ4v) is 3.14. The van der Waals surface area contributed by atoms with E-state index in [4.69, 9.17) is 0 Å². The zero-order valence-electron chi connectivity index (χ0n) is 15.2. The third-order valence-corrected chi connectivity index (χ3v) is 4.53. The topological polar surface area (TPSA) is 81.3 Å². The first-order chi connectivity index (χ1) is 14.1. The average molecular weight is 384 g/mol. The van der Waals surface area contributed by atoms with Gasteiger partial charge in [0.15, 0.2) is 0 Å². The maximum absolute atomic E-state index is 13.2. The van der Waals surface area contributed by atoms with Crippen LogP contribution in [0.4, 0.5) is 0 Å². The summed E-state index contributed by atoms with van der Waals surface area (Å²) in [6.45, 7) is 0. The molecule has 4 rings (SSSR count). The normalized spacial score (nSPS) is 10.6. The van der Waals surface area contributed by atoms with Crippen LogP contribution in [0.15, 0.2) is 101 Å². The minimum absolute atomic E-state index is 0.234. The molecular weight excluding hydrogens is 368 g/mol. The second kappa shape index (κ2) is 7.44. The number of ketones is 1. The fourth-order valence-electron chi connectivity index (χ4n) is 3.14. The minimum Gasteiger partial charge on any atom is -0.493 e. The lowest BCUT2D eigenvalue weighted by Crippen LogP contribution is -2.41. The van der Waals surface area contributed by atoms with Gasteiger partial charge in [-0.05, 0) is 24.3 Å². The van der Waals surface area contributed by atoms with Crippen LogP contribution in [0.3, 0.4) is 0 Å². The molecule has 3 aromatic carbocycles. The molecule has 1 heterocycles. The van der Waals surface area contributed by atoms with Crippen LogP contribution in [0.5, 0.6) is 5.88 Å². The summed E-state index contributed by atoms with van der Waals surface area (Å²) >= 11 is 0. The Hall–Kier alpha value is -4.19. The molecule has 0 saturated carbocycles. The van der Waals surface area contributed by atoms with Gasteiger partial charge in [-0.3, -0.25) is 9.59 Å². The van der Waals surface area contributed by atoms with Crippen LogP contribution in [0.25, 0.3) is 11.4 Å². The lowest BCUT2D eigenvalue weighted by atomic mass is 10.1. The Balaban J connectivity index is 2.10. The van der Waals surface area contributed by atoms with Gasteiger partial charge in [0, 0.05) is 5.56 Å². The van der Waals surface area contributed by atoms with Gasteiger partial charge in [-0.2, -0.15) is 0 Å². The summed E-state index contributed by atoms with van der Waals surface area (Å²) < 4.78 is 1.85. The quantitative estimate of drug-likeness (QED) is 0.549. The molecule has 0 saturated heterocycles. The van der Waals surface area contributed by atoms with Gasteiger partial charge in [-0.25, -0.2) is 13.9 Å². The molecule has 29 heavy (non-hydrogen) atoms. The molecule has 4 aromatic rings. The Labute approximate surface area is 165 Å². The minimum atomic E-state index is -0.875. The Morgan fingerprint density at radius 2 is 1.10 bits per heavy atom. The number of carbonyl (C=O) groups excluding carboxylic acids is 1. The smallest absolute Gasteiger partial charge is 0.343 e. The first-order valence-electron chi connectivity index (χ1n) is 8.91. The third-order valence-electron chi connectivity index (χ3n) is 4.53. The van der Waals surface area contributed by atoms with Crippen molar-refractivity contribution >= 4 is 5.78 Å². The van der Waals surface area contributed by atoms with Crippen LogP contribution < -0.4 is 11.2 Å². The van der Waals surface area contributed by atoms with Crippen LogP contribution in [0.2, 0.25) is 0 Å². The van der Waals surface area contributed by atoms with Crippen molar-refractivity contribution in [3.05, 3.63) is 123 Å². The van der Waals surface area contributed by atoms with Gasteiger partial charge in [0.2, 0.25) is 11.7 Å². The second-order valence-corrected chi connectivity index (χ2v) is 6.32. The Kier molecular flexibility index (Phi) is 4.66. The fraction of sp³-hybridized carbons (Fsp3) is 0. The van der Waals surface area contributed by atoms with Crippen molar-refractivity contribution in [2.45, 2.75) is 0 Å². The van der Waals surface area contributed by atoms with Crippen LogP contribution in [0, 0.1) is 0 Å². The first-order valence-corrected chi connectivity index (χ1v) is 8.91. The van der Waals surface area contributed by atoms with E-state index in [0.29, 0.717) is 11.4 Å². The van der Waals surface area contributed by atoms with Crippen molar-refractivity contribution in [3.63, 3.8) is 0 Å². The standard InChI is InChI=1S/C23H16N2O4/c26-20(16-10-4-1-5-11-16)19-21(27)24(17-12-6-2-7-13-17)23(29)25(22(19)28)18-14-8-3-9-15-18/h1-15,27H. The Morgan fingerprint density at radius 3 is 1.62 bits per heavy atom. The number of hydrogen-bond donors (Lipinski definition) is 1. The van der Waals surface area contributed by atoms with Crippen molar-refractivity contribution in [1.82, 2.24) is 9.13 Å². The summed E-state index contributed by atoms with van der Waals surface area (Å²) in [5.41, 5.74) is -1.24. The number of para-hydroxylation sites is 2. The molecule has 0 aliphatic carbocycles. The Morgan fingerprint density at radius 1 is 0.655 bits per heavy atom. The van der Waals surface area contributed by atoms with E-state index in [2.05, 4.69) is 0 Å². The molecule has 6 nitrogen and oxygen atoms in total. The highest BCUT2D eigenvalue weighted by atomic mass is 16.3. The zero-order valence-corrected chi connectivity index (χ0v) is 15.2. The van der Waals surface area contributed by atoms with Crippen LogP contribution >= 0.6 is 0 Å². The van der Waals surface area contributed by atoms with Crippen LogP contribution in [-0.4, -0.2) is 20.0 Å². The number of rotatable bonds is 4. The number of carbonyl (C=O) groups is 1. The number of nitrogens with zero attached hydrogens (tertiary/aromatic N) is 2. The van der Waals surface area contributed by atoms with E-state index in [9.17, 15) is 19.5 Å². The van der Waals surface area contributed by atoms with Gasteiger partial charge >= 0.3 is 5.69 Å². The van der Waals surface area contributed by atoms with E-state index in [1.165, 1.54) is 0 Å². The molecule has 0 radical (unpaired) electrons. The summed E-state index contributed by atoms with van der Waals surface area (Å²) in [4.78, 5) is 39.4. The van der Waals surface area contributed by atoms with E-state index in [0.717, 1.165) is 9.13 Å². The maximum atomic E-state index is 13.2. The molecule has 142 valence electrons. The van der Waals surface area contributed by atoms with Gasteiger partial charge in [0.1, 0.15) is 5.56 Å². The highest BCUT2D eigenvalue weighted by molar-refractivity contribution is 6.10. The molecule has 0 unspecified atom stereocenters. The molecular formula is C23H16N2O4. The predicted molar refractivity (Wildman–Crippen MR) is 109 cm³/mol. The van der Waals surface area contributed by atoms with Crippen molar-refractivity contribution in [3.8, 4) is 17.3 Å². The third kappa shape index (κ3) is 3.17. The van der Waals surface area contributed by atoms with Crippen LogP contribution in [0.1, 0.15) is 15.9 Å². The largest absolute Gasteiger partial charge is 0.493 e. The van der Waals surface area contributed by atoms with E-state index in [1.807, 2.05) is 0 Å². The molecule has 0 aliphatic heterocycles. The maximum Gasteiger partial charge on any atom is 0.343 e. The summed E-state index contributed by atoms with van der Waals surface area (Å²) in [6.07, 6.45) is 0. The first kappa shape index (κ1) is 18.2. The lowest BCUT2D eigenvalue weighted by molar-refractivity contribution is 0.103. The van der Waals surface area contributed by atoms with E-state index >= 15 is 0 Å². The molecule has 0 atom stereocenters. The molecule has 0 amide bonds. The van der Waals surface area contributed by atoms with E-state index in [-0.39, 0.29) is 5.56 Å². The van der Waals surface area contributed by atoms with Gasteiger partial charge < -0.3 is 5.11 Å². The van der Waals surface area contributed by atoms with E-state index < -0.39 is 28.5 Å². The summed E-state index contributed by atoms with van der Waals surface area (Å²) in [5, 5.41) is 10.8. The van der Waals surface area contributed by atoms with Crippen molar-refractivity contribution in [2.75, 3.05) is 0 Å². The number of hydrogen-bond acceptors (Lipinski definition) is 4. The summed E-state index contributed by atoms with van der Waals surface area (Å²) in [6, 6.07) is 24.8.